The molecule has 2 aromatic carbocycles. The molecule has 0 saturated carbocycles. The van der Waals surface area contributed by atoms with E-state index in [1.807, 2.05) is 50.4 Å². The number of methoxy groups -OCH3 is 1. The Bertz CT molecular complexity index is 688. The standard InChI is InChI=1S/C18H21ClN2O2/c1-13-7-8-15(10-17(13)19)20-18(22)12-21(2)11-14-5-4-6-16(9-14)23-3/h4-10H,11-12H2,1-3H3,(H,20,22)/p+1. The number of likely N-dealkylation sites (N-methyl/N-ethyl adjacent to an activating group) is 1. The van der Waals surface area contributed by atoms with Gasteiger partial charge in [0.1, 0.15) is 12.3 Å². The van der Waals surface area contributed by atoms with E-state index in [-0.39, 0.29) is 5.91 Å². The van der Waals surface area contributed by atoms with Gasteiger partial charge >= 0.3 is 0 Å². The maximum absolute atomic E-state index is 12.1. The molecular weight excluding hydrogens is 312 g/mol. The molecule has 2 aromatic rings. The van der Waals surface area contributed by atoms with Gasteiger partial charge in [0.2, 0.25) is 0 Å². The van der Waals surface area contributed by atoms with E-state index in [9.17, 15) is 4.79 Å². The van der Waals surface area contributed by atoms with Crippen LogP contribution in [0.3, 0.4) is 0 Å². The van der Waals surface area contributed by atoms with Gasteiger partial charge in [0.05, 0.1) is 14.2 Å². The van der Waals surface area contributed by atoms with Crippen molar-refractivity contribution in [3.05, 3.63) is 58.6 Å². The second-order valence-corrected chi connectivity index (χ2v) is 6.08. The van der Waals surface area contributed by atoms with Crippen LogP contribution < -0.4 is 15.0 Å². The first-order valence-corrected chi connectivity index (χ1v) is 7.86. The molecule has 1 unspecified atom stereocenters. The van der Waals surface area contributed by atoms with E-state index in [2.05, 4.69) is 5.32 Å². The van der Waals surface area contributed by atoms with Crippen molar-refractivity contribution in [2.24, 2.45) is 0 Å². The molecule has 1 atom stereocenters. The number of amides is 1. The highest BCUT2D eigenvalue weighted by Crippen LogP contribution is 2.19. The van der Waals surface area contributed by atoms with E-state index in [1.54, 1.807) is 13.2 Å². The lowest BCUT2D eigenvalue weighted by Gasteiger charge is -2.14. The first-order valence-electron chi connectivity index (χ1n) is 7.48. The lowest BCUT2D eigenvalue weighted by molar-refractivity contribution is -0.885. The lowest BCUT2D eigenvalue weighted by Crippen LogP contribution is -3.08. The molecule has 0 radical (unpaired) electrons. The van der Waals surface area contributed by atoms with E-state index >= 15 is 0 Å². The van der Waals surface area contributed by atoms with Gasteiger partial charge in [0.15, 0.2) is 6.54 Å². The van der Waals surface area contributed by atoms with Gasteiger partial charge in [0, 0.05) is 16.3 Å². The molecule has 5 heteroatoms. The second kappa shape index (κ2) is 7.99. The molecule has 4 nitrogen and oxygen atoms in total. The minimum absolute atomic E-state index is 0.0367. The first-order chi connectivity index (χ1) is 11.0. The monoisotopic (exact) mass is 333 g/mol. The van der Waals surface area contributed by atoms with Crippen LogP contribution in [0.5, 0.6) is 5.75 Å². The van der Waals surface area contributed by atoms with Crippen LogP contribution in [0.1, 0.15) is 11.1 Å². The number of benzene rings is 2. The normalized spacial score (nSPS) is 11.8. The Labute approximate surface area is 142 Å². The number of nitrogens with one attached hydrogen (secondary N) is 2. The molecule has 0 heterocycles. The summed E-state index contributed by atoms with van der Waals surface area (Å²) in [5, 5.41) is 3.53. The van der Waals surface area contributed by atoms with Gasteiger partial charge in [-0.05, 0) is 36.8 Å². The summed E-state index contributed by atoms with van der Waals surface area (Å²) in [5.74, 6) is 0.791. The third-order valence-electron chi connectivity index (χ3n) is 3.56. The van der Waals surface area contributed by atoms with Crippen LogP contribution in [0.2, 0.25) is 5.02 Å². The third-order valence-corrected chi connectivity index (χ3v) is 3.97. The van der Waals surface area contributed by atoms with Crippen LogP contribution in [0.15, 0.2) is 42.5 Å². The molecule has 0 aliphatic carbocycles. The zero-order valence-corrected chi connectivity index (χ0v) is 14.4. The fraction of sp³-hybridized carbons (Fsp3) is 0.278. The van der Waals surface area contributed by atoms with Gasteiger partial charge in [-0.3, -0.25) is 4.79 Å². The van der Waals surface area contributed by atoms with Gasteiger partial charge in [-0.2, -0.15) is 0 Å². The SMILES string of the molecule is COc1cccc(C[NH+](C)CC(=O)Nc2ccc(C)c(Cl)c2)c1. The Kier molecular flexibility index (Phi) is 6.02. The molecule has 0 fully saturated rings. The molecule has 0 saturated heterocycles. The fourth-order valence-electron chi connectivity index (χ4n) is 2.34. The van der Waals surface area contributed by atoms with Crippen LogP contribution in [-0.2, 0) is 11.3 Å². The number of ether oxygens (including phenoxy) is 1. The van der Waals surface area contributed by atoms with E-state index < -0.39 is 0 Å². The Morgan fingerprint density at radius 2 is 2.04 bits per heavy atom. The summed E-state index contributed by atoms with van der Waals surface area (Å²) in [5.41, 5.74) is 2.85. The summed E-state index contributed by atoms with van der Waals surface area (Å²) in [6.45, 7) is 3.06. The zero-order chi connectivity index (χ0) is 16.8. The van der Waals surface area contributed by atoms with Gasteiger partial charge in [0.25, 0.3) is 5.91 Å². The number of hydrogen-bond acceptors (Lipinski definition) is 2. The van der Waals surface area contributed by atoms with Crippen molar-refractivity contribution >= 4 is 23.2 Å². The minimum atomic E-state index is -0.0367. The number of carbonyl (C=O) groups excluding carboxylic acids is 1. The Balaban J connectivity index is 1.90. The molecule has 122 valence electrons. The number of halogens is 1. The van der Waals surface area contributed by atoms with Crippen molar-refractivity contribution in [1.82, 2.24) is 0 Å². The third kappa shape index (κ3) is 5.27. The van der Waals surface area contributed by atoms with Crippen molar-refractivity contribution < 1.29 is 14.4 Å². The molecular formula is C18H22ClN2O2+. The Morgan fingerprint density at radius 1 is 1.26 bits per heavy atom. The van der Waals surface area contributed by atoms with Gasteiger partial charge < -0.3 is 15.0 Å². The van der Waals surface area contributed by atoms with Crippen LogP contribution in [-0.4, -0.2) is 26.6 Å². The average Bonchev–Trinajstić information content (AvgIpc) is 2.51. The highest BCUT2D eigenvalue weighted by Gasteiger charge is 2.11. The van der Waals surface area contributed by atoms with Crippen molar-refractivity contribution in [1.29, 1.82) is 0 Å². The summed E-state index contributed by atoms with van der Waals surface area (Å²) in [4.78, 5) is 13.2. The van der Waals surface area contributed by atoms with Crippen LogP contribution in [0, 0.1) is 6.92 Å². The fourth-order valence-corrected chi connectivity index (χ4v) is 2.52. The molecule has 0 spiro atoms. The number of hydrogen-bond donors (Lipinski definition) is 2. The van der Waals surface area contributed by atoms with Crippen LogP contribution in [0.4, 0.5) is 5.69 Å². The van der Waals surface area contributed by atoms with Crippen LogP contribution >= 0.6 is 11.6 Å². The molecule has 0 bridgehead atoms. The highest BCUT2D eigenvalue weighted by atomic mass is 35.5. The van der Waals surface area contributed by atoms with E-state index in [0.717, 1.165) is 34.0 Å². The molecule has 0 aromatic heterocycles. The first kappa shape index (κ1) is 17.3. The number of anilines is 1. The lowest BCUT2D eigenvalue weighted by atomic mass is 10.2. The molecule has 23 heavy (non-hydrogen) atoms. The summed E-state index contributed by atoms with van der Waals surface area (Å²) >= 11 is 6.07. The summed E-state index contributed by atoms with van der Waals surface area (Å²) in [6.07, 6.45) is 0. The summed E-state index contributed by atoms with van der Waals surface area (Å²) < 4.78 is 5.22. The minimum Gasteiger partial charge on any atom is -0.497 e. The summed E-state index contributed by atoms with van der Waals surface area (Å²) in [6, 6.07) is 13.4. The maximum Gasteiger partial charge on any atom is 0.279 e. The predicted molar refractivity (Wildman–Crippen MR) is 93.3 cm³/mol. The molecule has 0 aliphatic rings. The maximum atomic E-state index is 12.1. The van der Waals surface area contributed by atoms with Crippen molar-refractivity contribution in [3.63, 3.8) is 0 Å². The number of aryl methyl sites for hydroxylation is 1. The van der Waals surface area contributed by atoms with E-state index in [4.69, 9.17) is 16.3 Å². The highest BCUT2D eigenvalue weighted by molar-refractivity contribution is 6.31. The number of quaternary nitrogens is 1. The van der Waals surface area contributed by atoms with Gasteiger partial charge in [-0.1, -0.05) is 29.8 Å². The van der Waals surface area contributed by atoms with Crippen molar-refractivity contribution in [2.45, 2.75) is 13.5 Å². The molecule has 2 rings (SSSR count). The topological polar surface area (TPSA) is 42.8 Å². The van der Waals surface area contributed by atoms with E-state index in [0.29, 0.717) is 11.6 Å². The predicted octanol–water partition coefficient (Wildman–Crippen LogP) is 2.31. The largest absolute Gasteiger partial charge is 0.497 e. The quantitative estimate of drug-likeness (QED) is 0.852. The van der Waals surface area contributed by atoms with E-state index in [1.165, 1.54) is 0 Å². The zero-order valence-electron chi connectivity index (χ0n) is 13.7. The molecule has 1 amide bonds. The van der Waals surface area contributed by atoms with Crippen molar-refractivity contribution in [2.75, 3.05) is 26.0 Å². The van der Waals surface area contributed by atoms with Gasteiger partial charge in [-0.25, -0.2) is 0 Å². The molecule has 2 N–H and O–H groups in total. The van der Waals surface area contributed by atoms with Gasteiger partial charge in [-0.15, -0.1) is 0 Å². The number of rotatable bonds is 6. The Morgan fingerprint density at radius 3 is 2.74 bits per heavy atom. The second-order valence-electron chi connectivity index (χ2n) is 5.67. The van der Waals surface area contributed by atoms with Crippen molar-refractivity contribution in [3.8, 4) is 5.75 Å². The summed E-state index contributed by atoms with van der Waals surface area (Å²) in [7, 11) is 3.64. The Hall–Kier alpha value is -2.04. The molecule has 0 aliphatic heterocycles. The average molecular weight is 334 g/mol. The number of carbonyl (C=O) groups is 1. The smallest absolute Gasteiger partial charge is 0.279 e. The van der Waals surface area contributed by atoms with Crippen LogP contribution in [0.25, 0.3) is 0 Å².